The third kappa shape index (κ3) is 3.91. The van der Waals surface area contributed by atoms with Crippen LogP contribution in [0, 0.1) is 5.41 Å². The number of esters is 1. The molecule has 0 unspecified atom stereocenters. The highest BCUT2D eigenvalue weighted by molar-refractivity contribution is 9.10. The number of halogens is 1. The fourth-order valence-corrected chi connectivity index (χ4v) is 3.79. The SMILES string of the molecule is COc1cccc(C(=O)Oc2ccc(/C=C3\C(=N)N4N=CSC4=NC3=O)cc2Br)c1. The molecule has 0 spiro atoms. The second kappa shape index (κ2) is 8.25. The Morgan fingerprint density at radius 1 is 1.27 bits per heavy atom. The zero-order chi connectivity index (χ0) is 21.3. The topological polar surface area (TPSA) is 104 Å². The highest BCUT2D eigenvalue weighted by Crippen LogP contribution is 2.30. The number of hydrazone groups is 1. The number of carbonyl (C=O) groups excluding carboxylic acids is 2. The zero-order valence-corrected chi connectivity index (χ0v) is 17.9. The molecule has 2 aromatic rings. The van der Waals surface area contributed by atoms with Gasteiger partial charge >= 0.3 is 5.97 Å². The molecule has 0 aromatic heterocycles. The number of rotatable bonds is 4. The molecule has 1 amide bonds. The number of amidine groups is 2. The normalized spacial score (nSPS) is 16.5. The number of fused-ring (bicyclic) bond motifs is 1. The molecule has 2 heterocycles. The first-order chi connectivity index (χ1) is 14.5. The first-order valence-electron chi connectivity index (χ1n) is 8.55. The fourth-order valence-electron chi connectivity index (χ4n) is 2.70. The molecule has 1 N–H and O–H groups in total. The predicted octanol–water partition coefficient (Wildman–Crippen LogP) is 3.93. The van der Waals surface area contributed by atoms with E-state index >= 15 is 0 Å². The van der Waals surface area contributed by atoms with E-state index in [-0.39, 0.29) is 11.4 Å². The lowest BCUT2D eigenvalue weighted by Crippen LogP contribution is -2.35. The zero-order valence-electron chi connectivity index (χ0n) is 15.5. The van der Waals surface area contributed by atoms with Crippen LogP contribution in [-0.2, 0) is 4.79 Å². The summed E-state index contributed by atoms with van der Waals surface area (Å²) in [6.07, 6.45) is 1.54. The van der Waals surface area contributed by atoms with Crippen molar-refractivity contribution in [2.45, 2.75) is 0 Å². The molecule has 8 nitrogen and oxygen atoms in total. The molecule has 2 aromatic carbocycles. The molecule has 0 radical (unpaired) electrons. The Morgan fingerprint density at radius 3 is 2.87 bits per heavy atom. The smallest absolute Gasteiger partial charge is 0.343 e. The summed E-state index contributed by atoms with van der Waals surface area (Å²) in [6, 6.07) is 11.6. The number of amides is 1. The minimum Gasteiger partial charge on any atom is -0.497 e. The lowest BCUT2D eigenvalue weighted by atomic mass is 10.1. The van der Waals surface area contributed by atoms with Crippen molar-refractivity contribution in [2.75, 3.05) is 7.11 Å². The van der Waals surface area contributed by atoms with Gasteiger partial charge in [0.05, 0.1) is 28.3 Å². The minimum absolute atomic E-state index is 0.0455. The highest BCUT2D eigenvalue weighted by Gasteiger charge is 2.32. The van der Waals surface area contributed by atoms with Crippen LogP contribution < -0.4 is 9.47 Å². The van der Waals surface area contributed by atoms with Crippen LogP contribution >= 0.6 is 27.7 Å². The molecule has 0 saturated heterocycles. The van der Waals surface area contributed by atoms with E-state index in [0.29, 0.717) is 32.3 Å². The van der Waals surface area contributed by atoms with Gasteiger partial charge in [-0.1, -0.05) is 12.1 Å². The van der Waals surface area contributed by atoms with Gasteiger partial charge in [-0.05, 0) is 69.7 Å². The standard InChI is InChI=1S/C20H13BrN4O4S/c1-28-13-4-2-3-12(9-13)19(27)29-16-6-5-11(8-15(16)21)7-14-17(22)25-20(24-18(14)26)30-10-23-25/h2-10,22H,1H3/b14-7+,22-17?. The molecule has 0 aliphatic carbocycles. The van der Waals surface area contributed by atoms with Crippen molar-refractivity contribution in [1.82, 2.24) is 5.01 Å². The monoisotopic (exact) mass is 484 g/mol. The third-order valence-corrected chi connectivity index (χ3v) is 5.47. The Bertz CT molecular complexity index is 1180. The lowest BCUT2D eigenvalue weighted by molar-refractivity contribution is -0.114. The molecule has 150 valence electrons. The predicted molar refractivity (Wildman–Crippen MR) is 118 cm³/mol. The summed E-state index contributed by atoms with van der Waals surface area (Å²) in [5.41, 5.74) is 2.62. The van der Waals surface area contributed by atoms with Crippen molar-refractivity contribution in [2.24, 2.45) is 10.1 Å². The van der Waals surface area contributed by atoms with Gasteiger partial charge in [-0.25, -0.2) is 4.79 Å². The third-order valence-electron chi connectivity index (χ3n) is 4.17. The van der Waals surface area contributed by atoms with E-state index in [1.165, 1.54) is 29.4 Å². The van der Waals surface area contributed by atoms with Gasteiger partial charge in [0.15, 0.2) is 11.0 Å². The molecule has 0 bridgehead atoms. The van der Waals surface area contributed by atoms with Crippen molar-refractivity contribution in [3.8, 4) is 11.5 Å². The first-order valence-corrected chi connectivity index (χ1v) is 10.2. The number of hydrogen-bond acceptors (Lipinski definition) is 7. The van der Waals surface area contributed by atoms with E-state index < -0.39 is 11.9 Å². The number of nitrogens with zero attached hydrogens (tertiary/aromatic N) is 3. The summed E-state index contributed by atoms with van der Waals surface area (Å²) < 4.78 is 11.1. The van der Waals surface area contributed by atoms with Crippen molar-refractivity contribution in [1.29, 1.82) is 5.41 Å². The summed E-state index contributed by atoms with van der Waals surface area (Å²) in [5, 5.41) is 13.9. The van der Waals surface area contributed by atoms with Crippen LogP contribution in [0.4, 0.5) is 0 Å². The van der Waals surface area contributed by atoms with E-state index in [1.54, 1.807) is 48.5 Å². The van der Waals surface area contributed by atoms with Gasteiger partial charge in [0.1, 0.15) is 11.5 Å². The van der Waals surface area contributed by atoms with Crippen molar-refractivity contribution >= 4 is 62.2 Å². The maximum Gasteiger partial charge on any atom is 0.343 e. The summed E-state index contributed by atoms with van der Waals surface area (Å²) in [5.74, 6) is -0.214. The van der Waals surface area contributed by atoms with Crippen molar-refractivity contribution in [3.63, 3.8) is 0 Å². The number of ether oxygens (including phenoxy) is 2. The molecular weight excluding hydrogens is 472 g/mol. The van der Waals surface area contributed by atoms with Crippen LogP contribution in [0.5, 0.6) is 11.5 Å². The number of aliphatic imine (C=N–C) groups is 1. The number of hydrogen-bond donors (Lipinski definition) is 1. The van der Waals surface area contributed by atoms with Gasteiger partial charge in [-0.2, -0.15) is 15.1 Å². The number of benzene rings is 2. The Kier molecular flexibility index (Phi) is 5.51. The Labute approximate surface area is 183 Å². The van der Waals surface area contributed by atoms with Crippen molar-refractivity contribution < 1.29 is 19.1 Å². The lowest BCUT2D eigenvalue weighted by Gasteiger charge is -2.20. The Balaban J connectivity index is 1.55. The summed E-state index contributed by atoms with van der Waals surface area (Å²) >= 11 is 4.57. The maximum absolute atomic E-state index is 12.4. The molecule has 4 rings (SSSR count). The van der Waals surface area contributed by atoms with Crippen LogP contribution in [0.15, 0.2) is 62.6 Å². The fraction of sp³-hybridized carbons (Fsp3) is 0.0500. The maximum atomic E-state index is 12.4. The van der Waals surface area contributed by atoms with Gasteiger partial charge in [0.25, 0.3) is 5.91 Å². The minimum atomic E-state index is -0.531. The molecule has 30 heavy (non-hydrogen) atoms. The number of carbonyl (C=O) groups is 2. The second-order valence-electron chi connectivity index (χ2n) is 6.07. The van der Waals surface area contributed by atoms with Crippen LogP contribution in [0.3, 0.4) is 0 Å². The molecule has 2 aliphatic heterocycles. The van der Waals surface area contributed by atoms with E-state index in [1.807, 2.05) is 0 Å². The van der Waals surface area contributed by atoms with Crippen LogP contribution in [0.25, 0.3) is 6.08 Å². The average Bonchev–Trinajstić information content (AvgIpc) is 3.21. The number of thioether (sulfide) groups is 1. The Hall–Kier alpha value is -3.24. The van der Waals surface area contributed by atoms with Gasteiger partial charge in [0, 0.05) is 0 Å². The van der Waals surface area contributed by atoms with E-state index in [2.05, 4.69) is 26.0 Å². The van der Waals surface area contributed by atoms with Gasteiger partial charge in [-0.3, -0.25) is 10.2 Å². The second-order valence-corrected chi connectivity index (χ2v) is 7.73. The van der Waals surface area contributed by atoms with Gasteiger partial charge < -0.3 is 9.47 Å². The Morgan fingerprint density at radius 2 is 2.10 bits per heavy atom. The molecule has 0 saturated carbocycles. The molecule has 10 heteroatoms. The van der Waals surface area contributed by atoms with E-state index in [4.69, 9.17) is 14.9 Å². The highest BCUT2D eigenvalue weighted by atomic mass is 79.9. The van der Waals surface area contributed by atoms with Crippen LogP contribution in [0.2, 0.25) is 0 Å². The molecule has 2 aliphatic rings. The molecule has 0 atom stereocenters. The molecule has 0 fully saturated rings. The summed E-state index contributed by atoms with van der Waals surface area (Å²) in [6.45, 7) is 0. The molecular formula is C20H13BrN4O4S. The summed E-state index contributed by atoms with van der Waals surface area (Å²) in [4.78, 5) is 28.6. The van der Waals surface area contributed by atoms with Crippen LogP contribution in [0.1, 0.15) is 15.9 Å². The van der Waals surface area contributed by atoms with Gasteiger partial charge in [0.2, 0.25) is 0 Å². The van der Waals surface area contributed by atoms with Crippen molar-refractivity contribution in [3.05, 3.63) is 63.6 Å². The van der Waals surface area contributed by atoms with Crippen LogP contribution in [-0.4, -0.2) is 40.5 Å². The van der Waals surface area contributed by atoms with E-state index in [0.717, 1.165) is 0 Å². The van der Waals surface area contributed by atoms with E-state index in [9.17, 15) is 9.59 Å². The average molecular weight is 485 g/mol. The number of methoxy groups -OCH3 is 1. The largest absolute Gasteiger partial charge is 0.497 e. The number of nitrogens with one attached hydrogen (secondary N) is 1. The first kappa shape index (κ1) is 20.0. The summed E-state index contributed by atoms with van der Waals surface area (Å²) in [7, 11) is 1.52. The quantitative estimate of drug-likeness (QED) is 0.400. The van der Waals surface area contributed by atoms with Gasteiger partial charge in [-0.15, -0.1) is 0 Å².